The number of aromatic hydroxyl groups is 1. The van der Waals surface area contributed by atoms with Crippen molar-refractivity contribution < 1.29 is 20.5 Å². The molecule has 0 atom stereocenters. The SMILES string of the molecule is O.O=C(O)c1ccccc1O.c1ccccc1. The molecule has 0 saturated heterocycles. The first kappa shape index (κ1) is 14.7. The molecule has 4 N–H and O–H groups in total. The number of hydrogen-bond acceptors (Lipinski definition) is 2. The maximum Gasteiger partial charge on any atom is 0.339 e. The van der Waals surface area contributed by atoms with Crippen molar-refractivity contribution in [3.8, 4) is 5.75 Å². The van der Waals surface area contributed by atoms with E-state index >= 15 is 0 Å². The zero-order chi connectivity index (χ0) is 11.8. The van der Waals surface area contributed by atoms with Crippen molar-refractivity contribution in [3.05, 3.63) is 66.2 Å². The molecule has 0 aliphatic heterocycles. The lowest BCUT2D eigenvalue weighted by atomic mass is 10.2. The van der Waals surface area contributed by atoms with E-state index < -0.39 is 5.97 Å². The van der Waals surface area contributed by atoms with Crippen LogP contribution in [0.1, 0.15) is 10.4 Å². The summed E-state index contributed by atoms with van der Waals surface area (Å²) in [5.41, 5.74) is -0.0671. The minimum Gasteiger partial charge on any atom is -0.507 e. The van der Waals surface area contributed by atoms with Gasteiger partial charge in [-0.3, -0.25) is 0 Å². The third-order valence-electron chi connectivity index (χ3n) is 1.80. The Morgan fingerprint density at radius 3 is 1.53 bits per heavy atom. The minimum absolute atomic E-state index is 0. The van der Waals surface area contributed by atoms with Gasteiger partial charge < -0.3 is 15.7 Å². The average Bonchev–Trinajstić information content (AvgIpc) is 2.32. The number of carboxylic acid groups (broad SMARTS) is 1. The second-order valence-corrected chi connectivity index (χ2v) is 2.98. The summed E-state index contributed by atoms with van der Waals surface area (Å²) in [6.45, 7) is 0. The van der Waals surface area contributed by atoms with Crippen molar-refractivity contribution >= 4 is 5.97 Å². The van der Waals surface area contributed by atoms with Crippen LogP contribution < -0.4 is 0 Å². The molecule has 0 aliphatic rings. The van der Waals surface area contributed by atoms with Gasteiger partial charge in [0.2, 0.25) is 0 Å². The van der Waals surface area contributed by atoms with Crippen LogP contribution in [0.4, 0.5) is 0 Å². The van der Waals surface area contributed by atoms with Crippen LogP contribution in [-0.2, 0) is 0 Å². The predicted octanol–water partition coefficient (Wildman–Crippen LogP) is 1.95. The van der Waals surface area contributed by atoms with Gasteiger partial charge in [-0.15, -0.1) is 0 Å². The van der Waals surface area contributed by atoms with Gasteiger partial charge in [-0.2, -0.15) is 0 Å². The van der Waals surface area contributed by atoms with Crippen LogP contribution >= 0.6 is 0 Å². The minimum atomic E-state index is -1.11. The van der Waals surface area contributed by atoms with Crippen molar-refractivity contribution in [2.75, 3.05) is 0 Å². The maximum atomic E-state index is 10.3. The van der Waals surface area contributed by atoms with E-state index in [2.05, 4.69) is 0 Å². The van der Waals surface area contributed by atoms with E-state index in [1.165, 1.54) is 12.1 Å². The summed E-state index contributed by atoms with van der Waals surface area (Å²) in [5, 5.41) is 17.3. The number of para-hydroxylation sites is 1. The maximum absolute atomic E-state index is 10.3. The molecule has 2 rings (SSSR count). The van der Waals surface area contributed by atoms with Gasteiger partial charge in [-0.05, 0) is 12.1 Å². The van der Waals surface area contributed by atoms with E-state index in [0.717, 1.165) is 0 Å². The topological polar surface area (TPSA) is 89.0 Å². The second kappa shape index (κ2) is 7.90. The van der Waals surface area contributed by atoms with Crippen LogP contribution in [0, 0.1) is 0 Å². The van der Waals surface area contributed by atoms with E-state index in [-0.39, 0.29) is 16.8 Å². The zero-order valence-electron chi connectivity index (χ0n) is 9.08. The number of benzene rings is 2. The van der Waals surface area contributed by atoms with Crippen molar-refractivity contribution in [2.24, 2.45) is 0 Å². The Balaban J connectivity index is 0.000000316. The highest BCUT2D eigenvalue weighted by Gasteiger charge is 2.05. The Hall–Kier alpha value is -2.33. The lowest BCUT2D eigenvalue weighted by Crippen LogP contribution is -1.95. The van der Waals surface area contributed by atoms with Crippen LogP contribution in [-0.4, -0.2) is 21.7 Å². The van der Waals surface area contributed by atoms with Gasteiger partial charge in [0.05, 0.1) is 0 Å². The molecule has 0 unspecified atom stereocenters. The molecule has 0 fully saturated rings. The second-order valence-electron chi connectivity index (χ2n) is 2.98. The van der Waals surface area contributed by atoms with E-state index in [1.807, 2.05) is 36.4 Å². The fraction of sp³-hybridized carbons (Fsp3) is 0. The number of carbonyl (C=O) groups is 1. The van der Waals surface area contributed by atoms with Crippen molar-refractivity contribution in [3.63, 3.8) is 0 Å². The summed E-state index contributed by atoms with van der Waals surface area (Å²) in [6, 6.07) is 17.8. The molecule has 0 spiro atoms. The van der Waals surface area contributed by atoms with E-state index in [9.17, 15) is 4.79 Å². The number of aromatic carboxylic acids is 1. The molecule has 0 amide bonds. The predicted molar refractivity (Wildman–Crippen MR) is 65.1 cm³/mol. The molecule has 0 bridgehead atoms. The molecule has 90 valence electrons. The smallest absolute Gasteiger partial charge is 0.339 e. The molecule has 2 aromatic carbocycles. The van der Waals surface area contributed by atoms with Crippen LogP contribution in [0.5, 0.6) is 5.75 Å². The molecule has 17 heavy (non-hydrogen) atoms. The lowest BCUT2D eigenvalue weighted by molar-refractivity contribution is 0.0693. The molecule has 4 heteroatoms. The van der Waals surface area contributed by atoms with Crippen molar-refractivity contribution in [1.82, 2.24) is 0 Å². The van der Waals surface area contributed by atoms with Crippen LogP contribution in [0.2, 0.25) is 0 Å². The third kappa shape index (κ3) is 5.34. The van der Waals surface area contributed by atoms with E-state index in [4.69, 9.17) is 10.2 Å². The Bertz CT molecular complexity index is 413. The Morgan fingerprint density at radius 1 is 0.824 bits per heavy atom. The Labute approximate surface area is 99.1 Å². The fourth-order valence-electron chi connectivity index (χ4n) is 1.04. The molecule has 0 aliphatic carbocycles. The molecule has 0 aromatic heterocycles. The summed E-state index contributed by atoms with van der Waals surface area (Å²) in [4.78, 5) is 10.3. The van der Waals surface area contributed by atoms with Crippen LogP contribution in [0.25, 0.3) is 0 Å². The fourth-order valence-corrected chi connectivity index (χ4v) is 1.04. The standard InChI is InChI=1S/C7H6O3.C6H6.H2O/c8-6-4-2-1-3-5(6)7(9)10;1-2-4-6-5-3-1;/h1-4,8H,(H,9,10);1-6H;1H2. The Morgan fingerprint density at radius 2 is 1.24 bits per heavy atom. The number of carboxylic acids is 1. The summed E-state index contributed by atoms with van der Waals surface area (Å²) in [6.07, 6.45) is 0. The third-order valence-corrected chi connectivity index (χ3v) is 1.80. The van der Waals surface area contributed by atoms with Crippen LogP contribution in [0.3, 0.4) is 0 Å². The molecule has 0 radical (unpaired) electrons. The first-order valence-electron chi connectivity index (χ1n) is 4.73. The average molecular weight is 234 g/mol. The van der Waals surface area contributed by atoms with Gasteiger partial charge in [0.25, 0.3) is 0 Å². The molecular formula is C13H14O4. The quantitative estimate of drug-likeness (QED) is 0.790. The van der Waals surface area contributed by atoms with E-state index in [0.29, 0.717) is 0 Å². The highest BCUT2D eigenvalue weighted by atomic mass is 16.4. The largest absolute Gasteiger partial charge is 0.507 e. The first-order chi connectivity index (χ1) is 7.72. The summed E-state index contributed by atoms with van der Waals surface area (Å²) < 4.78 is 0. The number of phenols is 1. The summed E-state index contributed by atoms with van der Waals surface area (Å²) >= 11 is 0. The van der Waals surface area contributed by atoms with Crippen LogP contribution in [0.15, 0.2) is 60.7 Å². The highest BCUT2D eigenvalue weighted by molar-refractivity contribution is 5.90. The van der Waals surface area contributed by atoms with Gasteiger partial charge in [-0.1, -0.05) is 48.5 Å². The van der Waals surface area contributed by atoms with Gasteiger partial charge in [0.15, 0.2) is 0 Å². The van der Waals surface area contributed by atoms with Gasteiger partial charge in [-0.25, -0.2) is 4.79 Å². The van der Waals surface area contributed by atoms with Crippen molar-refractivity contribution in [1.29, 1.82) is 0 Å². The molecule has 4 nitrogen and oxygen atoms in total. The van der Waals surface area contributed by atoms with Gasteiger partial charge >= 0.3 is 5.97 Å². The normalized spacial score (nSPS) is 8.24. The molecule has 0 heterocycles. The monoisotopic (exact) mass is 234 g/mol. The lowest BCUT2D eigenvalue weighted by Gasteiger charge is -1.95. The van der Waals surface area contributed by atoms with Crippen molar-refractivity contribution in [2.45, 2.75) is 0 Å². The number of hydrogen-bond donors (Lipinski definition) is 2. The zero-order valence-corrected chi connectivity index (χ0v) is 9.08. The number of rotatable bonds is 1. The summed E-state index contributed by atoms with van der Waals surface area (Å²) in [7, 11) is 0. The van der Waals surface area contributed by atoms with Gasteiger partial charge in [0, 0.05) is 0 Å². The Kier molecular flexibility index (Phi) is 6.81. The molecule has 2 aromatic rings. The van der Waals surface area contributed by atoms with Gasteiger partial charge in [0.1, 0.15) is 11.3 Å². The summed E-state index contributed by atoms with van der Waals surface area (Å²) in [5.74, 6) is -1.31. The molecular weight excluding hydrogens is 220 g/mol. The van der Waals surface area contributed by atoms with E-state index in [1.54, 1.807) is 12.1 Å². The highest BCUT2D eigenvalue weighted by Crippen LogP contribution is 2.14. The molecule has 0 saturated carbocycles. The first-order valence-corrected chi connectivity index (χ1v) is 4.73.